The summed E-state index contributed by atoms with van der Waals surface area (Å²) in [6.07, 6.45) is 1.80. The van der Waals surface area contributed by atoms with E-state index in [1.807, 2.05) is 0 Å². The molecule has 1 aromatic heterocycles. The summed E-state index contributed by atoms with van der Waals surface area (Å²) in [7, 11) is 2.88. The van der Waals surface area contributed by atoms with E-state index in [1.54, 1.807) is 12.3 Å². The van der Waals surface area contributed by atoms with E-state index < -0.39 is 0 Å². The van der Waals surface area contributed by atoms with E-state index in [9.17, 15) is 4.79 Å². The molecule has 0 atom stereocenters. The van der Waals surface area contributed by atoms with Crippen molar-refractivity contribution in [2.24, 2.45) is 0 Å². The van der Waals surface area contributed by atoms with Crippen molar-refractivity contribution in [3.8, 4) is 5.88 Å². The van der Waals surface area contributed by atoms with Crippen LogP contribution in [0.4, 0.5) is 0 Å². The Bertz CT molecular complexity index is 341. The van der Waals surface area contributed by atoms with Crippen molar-refractivity contribution in [3.63, 3.8) is 0 Å². The quantitative estimate of drug-likeness (QED) is 0.774. The fourth-order valence-electron chi connectivity index (χ4n) is 0.933. The number of rotatable bonds is 3. The molecular formula is C9H10BrNO3. The second-order valence-electron chi connectivity index (χ2n) is 2.57. The summed E-state index contributed by atoms with van der Waals surface area (Å²) >= 11 is 3.29. The largest absolute Gasteiger partial charge is 0.481 e. The summed E-state index contributed by atoms with van der Waals surface area (Å²) in [6, 6.07) is 1.70. The lowest BCUT2D eigenvalue weighted by Gasteiger charge is -2.04. The van der Waals surface area contributed by atoms with Crippen molar-refractivity contribution in [2.75, 3.05) is 14.2 Å². The van der Waals surface area contributed by atoms with Crippen LogP contribution < -0.4 is 4.74 Å². The molecule has 0 fully saturated rings. The average molecular weight is 260 g/mol. The first-order valence-corrected chi connectivity index (χ1v) is 4.72. The molecule has 0 aliphatic rings. The zero-order valence-electron chi connectivity index (χ0n) is 7.91. The molecule has 0 aromatic carbocycles. The van der Waals surface area contributed by atoms with Gasteiger partial charge in [0.15, 0.2) is 0 Å². The summed E-state index contributed by atoms with van der Waals surface area (Å²) in [4.78, 5) is 15.0. The van der Waals surface area contributed by atoms with Crippen LogP contribution in [0.1, 0.15) is 5.56 Å². The van der Waals surface area contributed by atoms with E-state index in [-0.39, 0.29) is 12.4 Å². The van der Waals surface area contributed by atoms with Gasteiger partial charge in [-0.3, -0.25) is 4.79 Å². The summed E-state index contributed by atoms with van der Waals surface area (Å²) in [5, 5.41) is 0. The number of ether oxygens (including phenoxy) is 2. The molecule has 0 aliphatic carbocycles. The number of hydrogen-bond donors (Lipinski definition) is 0. The number of pyridine rings is 1. The van der Waals surface area contributed by atoms with Crippen LogP contribution >= 0.6 is 15.9 Å². The summed E-state index contributed by atoms with van der Waals surface area (Å²) in [5.74, 6) is 0.186. The number of esters is 1. The molecule has 0 aliphatic heterocycles. The Balaban J connectivity index is 2.89. The third-order valence-corrected chi connectivity index (χ3v) is 2.40. The molecule has 0 N–H and O–H groups in total. The minimum absolute atomic E-state index is 0.204. The van der Waals surface area contributed by atoms with Crippen LogP contribution in [-0.4, -0.2) is 25.2 Å². The van der Waals surface area contributed by atoms with Gasteiger partial charge in [0.05, 0.1) is 20.6 Å². The summed E-state index contributed by atoms with van der Waals surface area (Å²) in [5.41, 5.74) is 0.795. The number of hydrogen-bond acceptors (Lipinski definition) is 4. The third kappa shape index (κ3) is 2.70. The van der Waals surface area contributed by atoms with Crippen LogP contribution in [0.15, 0.2) is 16.7 Å². The van der Waals surface area contributed by atoms with Gasteiger partial charge >= 0.3 is 5.97 Å². The number of carbonyl (C=O) groups excluding carboxylic acids is 1. The number of methoxy groups -OCH3 is 2. The topological polar surface area (TPSA) is 48.4 Å². The molecule has 0 unspecified atom stereocenters. The molecular weight excluding hydrogens is 250 g/mol. The van der Waals surface area contributed by atoms with E-state index in [0.29, 0.717) is 5.88 Å². The SMILES string of the molecule is COC(=O)Cc1cc(OC)ncc1Br. The predicted molar refractivity (Wildman–Crippen MR) is 54.2 cm³/mol. The van der Waals surface area contributed by atoms with E-state index in [4.69, 9.17) is 4.74 Å². The molecule has 5 heteroatoms. The Morgan fingerprint density at radius 3 is 2.86 bits per heavy atom. The second kappa shape index (κ2) is 4.95. The van der Waals surface area contributed by atoms with Crippen molar-refractivity contribution >= 4 is 21.9 Å². The first kappa shape index (κ1) is 11.0. The van der Waals surface area contributed by atoms with E-state index in [1.165, 1.54) is 14.2 Å². The minimum atomic E-state index is -0.293. The van der Waals surface area contributed by atoms with Gasteiger partial charge in [-0.15, -0.1) is 0 Å². The molecule has 0 saturated carbocycles. The van der Waals surface area contributed by atoms with E-state index in [2.05, 4.69) is 25.7 Å². The van der Waals surface area contributed by atoms with Crippen molar-refractivity contribution < 1.29 is 14.3 Å². The Labute approximate surface area is 90.4 Å². The maximum Gasteiger partial charge on any atom is 0.310 e. The fraction of sp³-hybridized carbons (Fsp3) is 0.333. The number of nitrogens with zero attached hydrogens (tertiary/aromatic N) is 1. The molecule has 0 bridgehead atoms. The Hall–Kier alpha value is -1.10. The maximum absolute atomic E-state index is 11.0. The van der Waals surface area contributed by atoms with Gasteiger partial charge in [-0.1, -0.05) is 0 Å². The van der Waals surface area contributed by atoms with Crippen molar-refractivity contribution in [1.82, 2.24) is 4.98 Å². The average Bonchev–Trinajstić information content (AvgIpc) is 2.21. The Kier molecular flexibility index (Phi) is 3.88. The van der Waals surface area contributed by atoms with Gasteiger partial charge in [-0.05, 0) is 21.5 Å². The second-order valence-corrected chi connectivity index (χ2v) is 3.43. The number of halogens is 1. The molecule has 0 spiro atoms. The normalized spacial score (nSPS) is 9.64. The highest BCUT2D eigenvalue weighted by Gasteiger charge is 2.08. The molecule has 14 heavy (non-hydrogen) atoms. The Morgan fingerprint density at radius 1 is 1.57 bits per heavy atom. The van der Waals surface area contributed by atoms with E-state index in [0.717, 1.165) is 10.0 Å². The summed E-state index contributed by atoms with van der Waals surface area (Å²) in [6.45, 7) is 0. The molecule has 0 amide bonds. The highest BCUT2D eigenvalue weighted by Crippen LogP contribution is 2.20. The van der Waals surface area contributed by atoms with Gasteiger partial charge in [0.2, 0.25) is 5.88 Å². The molecule has 0 saturated heterocycles. The van der Waals surface area contributed by atoms with Crippen LogP contribution in [0.3, 0.4) is 0 Å². The number of aromatic nitrogens is 1. The van der Waals surface area contributed by atoms with Crippen LogP contribution in [0.2, 0.25) is 0 Å². The van der Waals surface area contributed by atoms with Crippen LogP contribution in [0, 0.1) is 0 Å². The number of carbonyl (C=O) groups is 1. The smallest absolute Gasteiger partial charge is 0.310 e. The predicted octanol–water partition coefficient (Wildman–Crippen LogP) is 1.57. The van der Waals surface area contributed by atoms with Gasteiger partial charge in [-0.2, -0.15) is 0 Å². The maximum atomic E-state index is 11.0. The standard InChI is InChI=1S/C9H10BrNO3/c1-13-8-3-6(4-9(12)14-2)7(10)5-11-8/h3,5H,4H2,1-2H3. The highest BCUT2D eigenvalue weighted by atomic mass is 79.9. The molecule has 4 nitrogen and oxygen atoms in total. The first-order valence-electron chi connectivity index (χ1n) is 3.92. The first-order chi connectivity index (χ1) is 6.67. The van der Waals surface area contributed by atoms with Gasteiger partial charge in [-0.25, -0.2) is 4.98 Å². The van der Waals surface area contributed by atoms with Gasteiger partial charge < -0.3 is 9.47 Å². The highest BCUT2D eigenvalue weighted by molar-refractivity contribution is 9.10. The molecule has 1 heterocycles. The van der Waals surface area contributed by atoms with Crippen molar-refractivity contribution in [3.05, 3.63) is 22.3 Å². The van der Waals surface area contributed by atoms with Gasteiger partial charge in [0, 0.05) is 16.7 Å². The van der Waals surface area contributed by atoms with Crippen LogP contribution in [-0.2, 0) is 16.0 Å². The zero-order valence-corrected chi connectivity index (χ0v) is 9.50. The van der Waals surface area contributed by atoms with Gasteiger partial charge in [0.25, 0.3) is 0 Å². The summed E-state index contributed by atoms with van der Waals surface area (Å²) < 4.78 is 10.3. The molecule has 0 radical (unpaired) electrons. The molecule has 76 valence electrons. The lowest BCUT2D eigenvalue weighted by Crippen LogP contribution is -2.05. The third-order valence-electron chi connectivity index (χ3n) is 1.68. The van der Waals surface area contributed by atoms with Crippen molar-refractivity contribution in [2.45, 2.75) is 6.42 Å². The lowest BCUT2D eigenvalue weighted by atomic mass is 10.2. The Morgan fingerprint density at radius 2 is 2.29 bits per heavy atom. The van der Waals surface area contributed by atoms with Crippen molar-refractivity contribution in [1.29, 1.82) is 0 Å². The monoisotopic (exact) mass is 259 g/mol. The lowest BCUT2D eigenvalue weighted by molar-refractivity contribution is -0.139. The minimum Gasteiger partial charge on any atom is -0.481 e. The van der Waals surface area contributed by atoms with E-state index >= 15 is 0 Å². The molecule has 1 aromatic rings. The molecule has 1 rings (SSSR count). The van der Waals surface area contributed by atoms with Crippen LogP contribution in [0.5, 0.6) is 5.88 Å². The van der Waals surface area contributed by atoms with Gasteiger partial charge in [0.1, 0.15) is 0 Å². The fourth-order valence-corrected chi connectivity index (χ4v) is 1.29. The zero-order chi connectivity index (χ0) is 10.6. The van der Waals surface area contributed by atoms with Crippen LogP contribution in [0.25, 0.3) is 0 Å².